The van der Waals surface area contributed by atoms with Crippen molar-refractivity contribution in [2.75, 3.05) is 0 Å². The van der Waals surface area contributed by atoms with Crippen LogP contribution in [0.1, 0.15) is 97.3 Å². The Balaban J connectivity index is 1.53. The Bertz CT molecular complexity index is 597. The van der Waals surface area contributed by atoms with Gasteiger partial charge in [0.25, 0.3) is 0 Å². The van der Waals surface area contributed by atoms with Gasteiger partial charge in [0, 0.05) is 23.4 Å². The number of rotatable bonds is 4. The zero-order chi connectivity index (χ0) is 18.7. The molecule has 1 nitrogen and oxygen atoms in total. The smallest absolute Gasteiger partial charge is 0.0161 e. The Morgan fingerprint density at radius 2 is 1.81 bits per heavy atom. The van der Waals surface area contributed by atoms with E-state index in [0.717, 1.165) is 12.0 Å². The van der Waals surface area contributed by atoms with Crippen LogP contribution in [0.15, 0.2) is 35.5 Å². The Labute approximate surface area is 167 Å². The van der Waals surface area contributed by atoms with Crippen molar-refractivity contribution in [1.82, 2.24) is 5.32 Å². The highest BCUT2D eigenvalue weighted by Gasteiger charge is 2.41. The lowest BCUT2D eigenvalue weighted by Gasteiger charge is -2.47. The molecular weight excluding hydrogens is 326 g/mol. The molecule has 150 valence electrons. The molecule has 1 heteroatoms. The molecule has 4 rings (SSSR count). The van der Waals surface area contributed by atoms with Crippen LogP contribution in [0.3, 0.4) is 0 Å². The fourth-order valence-corrected chi connectivity index (χ4v) is 6.33. The van der Waals surface area contributed by atoms with Crippen molar-refractivity contribution >= 4 is 0 Å². The third kappa shape index (κ3) is 4.29. The topological polar surface area (TPSA) is 12.0 Å². The van der Waals surface area contributed by atoms with Gasteiger partial charge in [-0.25, -0.2) is 0 Å². The third-order valence-corrected chi connectivity index (χ3v) is 8.29. The molecule has 0 bridgehead atoms. The first-order chi connectivity index (χ1) is 13.2. The van der Waals surface area contributed by atoms with Gasteiger partial charge in [0.05, 0.1) is 0 Å². The summed E-state index contributed by atoms with van der Waals surface area (Å²) >= 11 is 0. The first-order valence-corrected chi connectivity index (χ1v) is 12.0. The Hall–Kier alpha value is -0.820. The second-order valence-corrected chi connectivity index (χ2v) is 10.1. The molecule has 4 aliphatic rings. The summed E-state index contributed by atoms with van der Waals surface area (Å²) in [5, 5.41) is 4.22. The highest BCUT2D eigenvalue weighted by molar-refractivity contribution is 5.36. The van der Waals surface area contributed by atoms with E-state index in [4.69, 9.17) is 0 Å². The van der Waals surface area contributed by atoms with Crippen molar-refractivity contribution in [3.8, 4) is 0 Å². The van der Waals surface area contributed by atoms with E-state index >= 15 is 0 Å². The van der Waals surface area contributed by atoms with E-state index in [9.17, 15) is 0 Å². The van der Waals surface area contributed by atoms with Gasteiger partial charge in [-0.15, -0.1) is 0 Å². The SMILES string of the molecule is CC1CCCCC1NC1CCCCC1(C)C1=CC(C2C=CCCC2)=CCC1. The molecule has 0 heterocycles. The molecule has 0 saturated heterocycles. The van der Waals surface area contributed by atoms with Gasteiger partial charge >= 0.3 is 0 Å². The lowest BCUT2D eigenvalue weighted by molar-refractivity contribution is 0.142. The molecule has 27 heavy (non-hydrogen) atoms. The van der Waals surface area contributed by atoms with Crippen LogP contribution in [-0.4, -0.2) is 12.1 Å². The fourth-order valence-electron chi connectivity index (χ4n) is 6.33. The highest BCUT2D eigenvalue weighted by atomic mass is 15.0. The minimum atomic E-state index is 0.368. The maximum absolute atomic E-state index is 4.22. The van der Waals surface area contributed by atoms with Crippen LogP contribution in [0.2, 0.25) is 0 Å². The third-order valence-electron chi connectivity index (χ3n) is 8.29. The standard InChI is InChI=1S/C26H41N/c1-20-11-6-7-16-24(20)27-25-17-8-9-18-26(25,2)23-15-10-14-22(19-23)21-12-4-3-5-13-21/h4,12,14,19-21,24-25,27H,3,5-11,13,15-18H2,1-2H3. The van der Waals surface area contributed by atoms with E-state index in [0.29, 0.717) is 17.4 Å². The number of nitrogens with one attached hydrogen (secondary N) is 1. The van der Waals surface area contributed by atoms with E-state index in [1.165, 1.54) is 83.5 Å². The highest BCUT2D eigenvalue weighted by Crippen LogP contribution is 2.47. The average molecular weight is 368 g/mol. The molecule has 0 spiro atoms. The first-order valence-electron chi connectivity index (χ1n) is 12.0. The second kappa shape index (κ2) is 8.68. The van der Waals surface area contributed by atoms with Crippen molar-refractivity contribution < 1.29 is 0 Å². The van der Waals surface area contributed by atoms with Crippen LogP contribution in [0, 0.1) is 17.3 Å². The lowest BCUT2D eigenvalue weighted by Crippen LogP contribution is -2.53. The molecule has 0 aliphatic heterocycles. The van der Waals surface area contributed by atoms with Gasteiger partial charge in [-0.2, -0.15) is 0 Å². The maximum Gasteiger partial charge on any atom is 0.0161 e. The zero-order valence-corrected chi connectivity index (χ0v) is 17.8. The van der Waals surface area contributed by atoms with Gasteiger partial charge in [0.1, 0.15) is 0 Å². The number of hydrogen-bond acceptors (Lipinski definition) is 1. The largest absolute Gasteiger partial charge is 0.310 e. The van der Waals surface area contributed by atoms with Crippen LogP contribution in [0.5, 0.6) is 0 Å². The molecule has 4 aliphatic carbocycles. The molecule has 0 amide bonds. The predicted octanol–water partition coefficient (Wildman–Crippen LogP) is 7.11. The van der Waals surface area contributed by atoms with E-state index in [1.807, 2.05) is 0 Å². The van der Waals surface area contributed by atoms with Crippen LogP contribution in [-0.2, 0) is 0 Å². The predicted molar refractivity (Wildman–Crippen MR) is 117 cm³/mol. The lowest BCUT2D eigenvalue weighted by atomic mass is 9.64. The second-order valence-electron chi connectivity index (χ2n) is 10.1. The van der Waals surface area contributed by atoms with E-state index < -0.39 is 0 Å². The van der Waals surface area contributed by atoms with Crippen molar-refractivity contribution in [3.05, 3.63) is 35.5 Å². The molecule has 0 aromatic carbocycles. The summed E-state index contributed by atoms with van der Waals surface area (Å²) < 4.78 is 0. The van der Waals surface area contributed by atoms with Crippen molar-refractivity contribution in [2.24, 2.45) is 17.3 Å². The van der Waals surface area contributed by atoms with Gasteiger partial charge in [-0.3, -0.25) is 0 Å². The monoisotopic (exact) mass is 367 g/mol. The molecule has 1 N–H and O–H groups in total. The van der Waals surface area contributed by atoms with Gasteiger partial charge in [0.2, 0.25) is 0 Å². The Morgan fingerprint density at radius 1 is 0.963 bits per heavy atom. The van der Waals surface area contributed by atoms with E-state index in [-0.39, 0.29) is 0 Å². The molecule has 0 radical (unpaired) electrons. The zero-order valence-electron chi connectivity index (χ0n) is 17.8. The fraction of sp³-hybridized carbons (Fsp3) is 0.769. The van der Waals surface area contributed by atoms with Crippen LogP contribution < -0.4 is 5.32 Å². The summed E-state index contributed by atoms with van der Waals surface area (Å²) in [6.07, 6.45) is 27.9. The maximum atomic E-state index is 4.22. The average Bonchev–Trinajstić information content (AvgIpc) is 2.72. The number of hydrogen-bond donors (Lipinski definition) is 1. The molecule has 5 unspecified atom stereocenters. The van der Waals surface area contributed by atoms with Gasteiger partial charge in [-0.1, -0.05) is 69.4 Å². The van der Waals surface area contributed by atoms with Gasteiger partial charge in [0.15, 0.2) is 0 Å². The van der Waals surface area contributed by atoms with Crippen LogP contribution in [0.4, 0.5) is 0 Å². The van der Waals surface area contributed by atoms with Gasteiger partial charge in [-0.05, 0) is 69.3 Å². The molecule has 2 saturated carbocycles. The molecule has 0 aromatic rings. The summed E-state index contributed by atoms with van der Waals surface area (Å²) in [5.74, 6) is 1.54. The van der Waals surface area contributed by atoms with Crippen molar-refractivity contribution in [1.29, 1.82) is 0 Å². The quantitative estimate of drug-likeness (QED) is 0.522. The van der Waals surface area contributed by atoms with Gasteiger partial charge < -0.3 is 5.32 Å². The van der Waals surface area contributed by atoms with E-state index in [2.05, 4.69) is 43.5 Å². The summed E-state index contributed by atoms with van der Waals surface area (Å²) in [7, 11) is 0. The normalized spacial score (nSPS) is 40.4. The minimum absolute atomic E-state index is 0.368. The molecule has 2 fully saturated rings. The van der Waals surface area contributed by atoms with Crippen molar-refractivity contribution in [3.63, 3.8) is 0 Å². The first kappa shape index (κ1) is 19.5. The Morgan fingerprint density at radius 3 is 2.63 bits per heavy atom. The number of allylic oxidation sites excluding steroid dienone is 5. The molecular formula is C26H41N. The summed E-state index contributed by atoms with van der Waals surface area (Å²) in [5.41, 5.74) is 3.76. The Kier molecular flexibility index (Phi) is 6.27. The van der Waals surface area contributed by atoms with Crippen LogP contribution in [0.25, 0.3) is 0 Å². The minimum Gasteiger partial charge on any atom is -0.310 e. The summed E-state index contributed by atoms with van der Waals surface area (Å²) in [6.45, 7) is 5.08. The molecule has 5 atom stereocenters. The van der Waals surface area contributed by atoms with E-state index in [1.54, 1.807) is 11.1 Å². The van der Waals surface area contributed by atoms with Crippen LogP contribution >= 0.6 is 0 Å². The summed E-state index contributed by atoms with van der Waals surface area (Å²) in [6, 6.07) is 1.44. The molecule has 0 aromatic heterocycles. The summed E-state index contributed by atoms with van der Waals surface area (Å²) in [4.78, 5) is 0. The van der Waals surface area contributed by atoms with Crippen molar-refractivity contribution in [2.45, 2.75) is 109 Å².